The summed E-state index contributed by atoms with van der Waals surface area (Å²) in [4.78, 5) is 11.8. The Hall–Kier alpha value is -0.380. The zero-order chi connectivity index (χ0) is 9.26. The number of benzene rings is 1. The molecule has 2 heteroatoms. The summed E-state index contributed by atoms with van der Waals surface area (Å²) >= 11 is 0. The van der Waals surface area contributed by atoms with Gasteiger partial charge in [0.15, 0.2) is 5.78 Å². The SMILES string of the molecule is CC(C(=O)c1ccccc1)C1CC1.[I-]. The first kappa shape index (κ1) is 11.7. The summed E-state index contributed by atoms with van der Waals surface area (Å²) in [6.07, 6.45) is 2.47. The quantitative estimate of drug-likeness (QED) is 0.564. The summed E-state index contributed by atoms with van der Waals surface area (Å²) < 4.78 is 0. The van der Waals surface area contributed by atoms with Crippen molar-refractivity contribution in [2.75, 3.05) is 0 Å². The first-order chi connectivity index (χ1) is 6.29. The molecule has 1 aromatic carbocycles. The number of hydrogen-bond donors (Lipinski definition) is 0. The molecule has 1 atom stereocenters. The second kappa shape index (κ2) is 4.91. The predicted molar refractivity (Wildman–Crippen MR) is 52.7 cm³/mol. The van der Waals surface area contributed by atoms with Gasteiger partial charge in [0.05, 0.1) is 0 Å². The Morgan fingerprint density at radius 2 is 1.86 bits per heavy atom. The van der Waals surface area contributed by atoms with Crippen LogP contribution in [0.25, 0.3) is 0 Å². The van der Waals surface area contributed by atoms with E-state index in [9.17, 15) is 4.79 Å². The van der Waals surface area contributed by atoms with E-state index in [1.165, 1.54) is 12.8 Å². The standard InChI is InChI=1S/C12H14O.HI/c1-9(10-7-8-10)12(13)11-5-3-2-4-6-11;/h2-6,9-10H,7-8H2,1H3;1H/p-1. The van der Waals surface area contributed by atoms with E-state index >= 15 is 0 Å². The van der Waals surface area contributed by atoms with Gasteiger partial charge < -0.3 is 24.0 Å². The van der Waals surface area contributed by atoms with E-state index < -0.39 is 0 Å². The van der Waals surface area contributed by atoms with Gasteiger partial charge in [-0.3, -0.25) is 4.79 Å². The van der Waals surface area contributed by atoms with Crippen LogP contribution in [0.15, 0.2) is 30.3 Å². The monoisotopic (exact) mass is 301 g/mol. The van der Waals surface area contributed by atoms with Crippen molar-refractivity contribution in [1.82, 2.24) is 0 Å². The fraction of sp³-hybridized carbons (Fsp3) is 0.417. The van der Waals surface area contributed by atoms with E-state index in [2.05, 4.69) is 0 Å². The van der Waals surface area contributed by atoms with Gasteiger partial charge in [-0.25, -0.2) is 0 Å². The second-order valence-electron chi connectivity index (χ2n) is 3.86. The Balaban J connectivity index is 0.000000980. The molecule has 1 aromatic rings. The molecule has 76 valence electrons. The van der Waals surface area contributed by atoms with Gasteiger partial charge in [0.2, 0.25) is 0 Å². The maximum atomic E-state index is 11.8. The summed E-state index contributed by atoms with van der Waals surface area (Å²) in [6, 6.07) is 9.60. The lowest BCUT2D eigenvalue weighted by atomic mass is 9.95. The van der Waals surface area contributed by atoms with Gasteiger partial charge in [-0.05, 0) is 18.8 Å². The van der Waals surface area contributed by atoms with Crippen molar-refractivity contribution in [3.05, 3.63) is 35.9 Å². The highest BCUT2D eigenvalue weighted by molar-refractivity contribution is 5.97. The number of carbonyl (C=O) groups excluding carboxylic acids is 1. The highest BCUT2D eigenvalue weighted by atomic mass is 127. The summed E-state index contributed by atoms with van der Waals surface area (Å²) in [7, 11) is 0. The lowest BCUT2D eigenvalue weighted by molar-refractivity contribution is -0.0000107. The van der Waals surface area contributed by atoms with E-state index in [4.69, 9.17) is 0 Å². The second-order valence-corrected chi connectivity index (χ2v) is 3.86. The highest BCUT2D eigenvalue weighted by Crippen LogP contribution is 2.37. The number of rotatable bonds is 3. The molecule has 1 aliphatic carbocycles. The van der Waals surface area contributed by atoms with Gasteiger partial charge in [-0.2, -0.15) is 0 Å². The molecule has 14 heavy (non-hydrogen) atoms. The third-order valence-electron chi connectivity index (χ3n) is 2.80. The zero-order valence-corrected chi connectivity index (χ0v) is 10.4. The molecule has 0 radical (unpaired) electrons. The molecule has 0 aromatic heterocycles. The molecule has 0 saturated heterocycles. The molecule has 0 amide bonds. The van der Waals surface area contributed by atoms with Crippen LogP contribution in [-0.4, -0.2) is 5.78 Å². The van der Waals surface area contributed by atoms with Crippen molar-refractivity contribution in [3.63, 3.8) is 0 Å². The molecule has 0 heterocycles. The van der Waals surface area contributed by atoms with Crippen LogP contribution in [0, 0.1) is 11.8 Å². The van der Waals surface area contributed by atoms with Crippen molar-refractivity contribution in [1.29, 1.82) is 0 Å². The largest absolute Gasteiger partial charge is 1.00 e. The maximum Gasteiger partial charge on any atom is 0.165 e. The molecule has 1 unspecified atom stereocenters. The van der Waals surface area contributed by atoms with E-state index in [1.54, 1.807) is 0 Å². The molecular weight excluding hydrogens is 287 g/mol. The first-order valence-corrected chi connectivity index (χ1v) is 4.88. The molecule has 0 bridgehead atoms. The average Bonchev–Trinajstić information content (AvgIpc) is 3.00. The molecular formula is C12H14IO-. The van der Waals surface area contributed by atoms with Crippen molar-refractivity contribution in [3.8, 4) is 0 Å². The maximum absolute atomic E-state index is 11.8. The van der Waals surface area contributed by atoms with Crippen LogP contribution in [-0.2, 0) is 0 Å². The summed E-state index contributed by atoms with van der Waals surface area (Å²) in [5.41, 5.74) is 0.863. The lowest BCUT2D eigenvalue weighted by Gasteiger charge is -2.07. The van der Waals surface area contributed by atoms with Crippen LogP contribution in [0.1, 0.15) is 30.1 Å². The Labute approximate surface area is 102 Å². The van der Waals surface area contributed by atoms with E-state index in [-0.39, 0.29) is 29.9 Å². The fourth-order valence-corrected chi connectivity index (χ4v) is 1.68. The van der Waals surface area contributed by atoms with Crippen LogP contribution in [0.3, 0.4) is 0 Å². The van der Waals surface area contributed by atoms with Crippen LogP contribution in [0.5, 0.6) is 0 Å². The van der Waals surface area contributed by atoms with Crippen LogP contribution < -0.4 is 24.0 Å². The van der Waals surface area contributed by atoms with Crippen LogP contribution in [0.2, 0.25) is 0 Å². The van der Waals surface area contributed by atoms with Crippen molar-refractivity contribution in [2.24, 2.45) is 11.8 Å². The topological polar surface area (TPSA) is 17.1 Å². The van der Waals surface area contributed by atoms with E-state index in [1.807, 2.05) is 37.3 Å². The van der Waals surface area contributed by atoms with Gasteiger partial charge in [0.1, 0.15) is 0 Å². The van der Waals surface area contributed by atoms with E-state index in [0.29, 0.717) is 11.7 Å². The third-order valence-corrected chi connectivity index (χ3v) is 2.80. The Bertz CT molecular complexity index is 303. The Kier molecular flexibility index (Phi) is 4.11. The number of halogens is 1. The first-order valence-electron chi connectivity index (χ1n) is 4.88. The molecule has 1 saturated carbocycles. The summed E-state index contributed by atoms with van der Waals surface area (Å²) in [6.45, 7) is 2.05. The molecule has 0 spiro atoms. The van der Waals surface area contributed by atoms with Gasteiger partial charge in [0, 0.05) is 11.5 Å². The number of Topliss-reactive ketones (excluding diaryl/α,β-unsaturated/α-hetero) is 1. The predicted octanol–water partition coefficient (Wildman–Crippen LogP) is -0.0806. The average molecular weight is 301 g/mol. The molecule has 1 fully saturated rings. The number of hydrogen-bond acceptors (Lipinski definition) is 1. The minimum absolute atomic E-state index is 0. The number of ketones is 1. The fourth-order valence-electron chi connectivity index (χ4n) is 1.68. The van der Waals surface area contributed by atoms with Gasteiger partial charge in [0.25, 0.3) is 0 Å². The number of carbonyl (C=O) groups is 1. The lowest BCUT2D eigenvalue weighted by Crippen LogP contribution is -3.00. The van der Waals surface area contributed by atoms with Crippen LogP contribution >= 0.6 is 0 Å². The van der Waals surface area contributed by atoms with Crippen molar-refractivity contribution >= 4 is 5.78 Å². The smallest absolute Gasteiger partial charge is 0.165 e. The molecule has 0 aliphatic heterocycles. The van der Waals surface area contributed by atoms with Crippen molar-refractivity contribution < 1.29 is 28.8 Å². The highest BCUT2D eigenvalue weighted by Gasteiger charge is 2.32. The third kappa shape index (κ3) is 2.56. The Morgan fingerprint density at radius 3 is 2.36 bits per heavy atom. The summed E-state index contributed by atoms with van der Waals surface area (Å²) in [5, 5.41) is 0. The Morgan fingerprint density at radius 1 is 1.29 bits per heavy atom. The molecule has 0 N–H and O–H groups in total. The van der Waals surface area contributed by atoms with Crippen LogP contribution in [0.4, 0.5) is 0 Å². The van der Waals surface area contributed by atoms with Gasteiger partial charge >= 0.3 is 0 Å². The van der Waals surface area contributed by atoms with Gasteiger partial charge in [-0.15, -0.1) is 0 Å². The van der Waals surface area contributed by atoms with Gasteiger partial charge in [-0.1, -0.05) is 37.3 Å². The summed E-state index contributed by atoms with van der Waals surface area (Å²) in [5.74, 6) is 1.19. The molecule has 1 aliphatic rings. The van der Waals surface area contributed by atoms with E-state index in [0.717, 1.165) is 5.56 Å². The minimum Gasteiger partial charge on any atom is -1.00 e. The normalized spacial score (nSPS) is 16.9. The minimum atomic E-state index is 0. The zero-order valence-electron chi connectivity index (χ0n) is 8.24. The molecule has 1 nitrogen and oxygen atoms in total. The van der Waals surface area contributed by atoms with Crippen molar-refractivity contribution in [2.45, 2.75) is 19.8 Å². The molecule has 2 rings (SSSR count).